The van der Waals surface area contributed by atoms with E-state index in [1.165, 1.54) is 0 Å². The Morgan fingerprint density at radius 2 is 2.00 bits per heavy atom. The van der Waals surface area contributed by atoms with Gasteiger partial charge in [0.25, 0.3) is 5.92 Å². The van der Waals surface area contributed by atoms with Gasteiger partial charge < -0.3 is 4.90 Å². The van der Waals surface area contributed by atoms with Crippen LogP contribution in [0.2, 0.25) is 0 Å². The summed E-state index contributed by atoms with van der Waals surface area (Å²) in [4.78, 5) is 10.9. The van der Waals surface area contributed by atoms with E-state index in [2.05, 4.69) is 0 Å². The van der Waals surface area contributed by atoms with E-state index in [0.717, 1.165) is 4.90 Å². The second-order valence-electron chi connectivity index (χ2n) is 1.96. The second kappa shape index (κ2) is 1.80. The fourth-order valence-corrected chi connectivity index (χ4v) is 0.756. The highest BCUT2D eigenvalue weighted by Crippen LogP contribution is 2.27. The maximum absolute atomic E-state index is 11.9. The van der Waals surface area contributed by atoms with Crippen LogP contribution >= 0.6 is 11.6 Å². The number of carbonyl (C=O) groups is 1. The average Bonchev–Trinajstić information content (AvgIpc) is 1.59. The highest BCUT2D eigenvalue weighted by atomic mass is 35.5. The molecule has 1 fully saturated rings. The van der Waals surface area contributed by atoms with Gasteiger partial charge in [-0.25, -0.2) is 8.78 Å². The van der Waals surface area contributed by atoms with Crippen LogP contribution in [0.1, 0.15) is 0 Å². The summed E-state index contributed by atoms with van der Waals surface area (Å²) in [7, 11) is 0. The minimum Gasteiger partial charge on any atom is -0.317 e. The third-order valence-electron chi connectivity index (χ3n) is 1.09. The Labute approximate surface area is 55.4 Å². The summed E-state index contributed by atoms with van der Waals surface area (Å²) in [6, 6.07) is 0. The summed E-state index contributed by atoms with van der Waals surface area (Å²) < 4.78 is 23.8. The molecule has 0 spiro atoms. The van der Waals surface area contributed by atoms with Crippen molar-refractivity contribution in [3.8, 4) is 0 Å². The quantitative estimate of drug-likeness (QED) is 0.381. The van der Waals surface area contributed by atoms with Gasteiger partial charge in [0.2, 0.25) is 0 Å². The lowest BCUT2D eigenvalue weighted by Gasteiger charge is -2.36. The Kier molecular flexibility index (Phi) is 1.35. The molecule has 0 aromatic rings. The van der Waals surface area contributed by atoms with Crippen LogP contribution in [-0.2, 0) is 0 Å². The highest BCUT2D eigenvalue weighted by Gasteiger charge is 2.45. The molecule has 0 aliphatic carbocycles. The van der Waals surface area contributed by atoms with Gasteiger partial charge in [-0.2, -0.15) is 0 Å². The molecule has 0 bridgehead atoms. The SMILES string of the molecule is O=C(Cl)N1CC(F)(F)C1. The van der Waals surface area contributed by atoms with Gasteiger partial charge in [0, 0.05) is 0 Å². The molecule has 0 aromatic carbocycles. The first-order valence-corrected chi connectivity index (χ1v) is 2.71. The van der Waals surface area contributed by atoms with Gasteiger partial charge in [0.05, 0.1) is 13.1 Å². The number of nitrogens with zero attached hydrogens (tertiary/aromatic N) is 1. The molecule has 0 N–H and O–H groups in total. The van der Waals surface area contributed by atoms with Crippen LogP contribution < -0.4 is 0 Å². The van der Waals surface area contributed by atoms with E-state index in [1.807, 2.05) is 0 Å². The zero-order chi connectivity index (χ0) is 7.07. The van der Waals surface area contributed by atoms with E-state index in [0.29, 0.717) is 0 Å². The van der Waals surface area contributed by atoms with Crippen LogP contribution in [0.25, 0.3) is 0 Å². The molecule has 0 unspecified atom stereocenters. The Bertz CT molecular complexity index is 142. The highest BCUT2D eigenvalue weighted by molar-refractivity contribution is 6.62. The molecule has 0 atom stereocenters. The topological polar surface area (TPSA) is 20.3 Å². The standard InChI is InChI=1S/C4H4ClF2NO/c5-3(9)8-1-4(6,7)2-8/h1-2H2. The predicted octanol–water partition coefficient (Wildman–Crippen LogP) is 1.30. The first kappa shape index (κ1) is 6.74. The van der Waals surface area contributed by atoms with Crippen molar-refractivity contribution < 1.29 is 13.6 Å². The molecule has 9 heavy (non-hydrogen) atoms. The number of likely N-dealkylation sites (tertiary alicyclic amines) is 1. The van der Waals surface area contributed by atoms with Crippen molar-refractivity contribution >= 4 is 17.0 Å². The van der Waals surface area contributed by atoms with Crippen molar-refractivity contribution in [1.29, 1.82) is 0 Å². The largest absolute Gasteiger partial charge is 0.317 e. The van der Waals surface area contributed by atoms with E-state index in [-0.39, 0.29) is 0 Å². The van der Waals surface area contributed by atoms with E-state index in [1.54, 1.807) is 0 Å². The molecule has 1 heterocycles. The van der Waals surface area contributed by atoms with Gasteiger partial charge in [-0.15, -0.1) is 0 Å². The molecular formula is C4H4ClF2NO. The average molecular weight is 156 g/mol. The fraction of sp³-hybridized carbons (Fsp3) is 0.750. The Morgan fingerprint density at radius 3 is 2.11 bits per heavy atom. The van der Waals surface area contributed by atoms with Crippen molar-refractivity contribution in [3.63, 3.8) is 0 Å². The van der Waals surface area contributed by atoms with Gasteiger partial charge in [-0.05, 0) is 11.6 Å². The van der Waals surface area contributed by atoms with E-state index >= 15 is 0 Å². The summed E-state index contributed by atoms with van der Waals surface area (Å²) in [5, 5.41) is -0.805. The Balaban J connectivity index is 2.35. The minimum atomic E-state index is -2.70. The van der Waals surface area contributed by atoms with Crippen LogP contribution in [-0.4, -0.2) is 29.3 Å². The summed E-state index contributed by atoms with van der Waals surface area (Å²) in [6.45, 7) is -1.06. The molecule has 1 saturated heterocycles. The molecule has 0 saturated carbocycles. The number of hydrogen-bond donors (Lipinski definition) is 0. The maximum Gasteiger partial charge on any atom is 0.316 e. The third kappa shape index (κ3) is 1.30. The summed E-state index contributed by atoms with van der Waals surface area (Å²) in [6.07, 6.45) is 0. The van der Waals surface area contributed by atoms with Crippen LogP contribution in [0.5, 0.6) is 0 Å². The van der Waals surface area contributed by atoms with Crippen molar-refractivity contribution in [2.75, 3.05) is 13.1 Å². The number of carbonyl (C=O) groups excluding carboxylic acids is 1. The number of amides is 1. The van der Waals surface area contributed by atoms with Crippen LogP contribution in [0, 0.1) is 0 Å². The van der Waals surface area contributed by atoms with Gasteiger partial charge in [-0.3, -0.25) is 4.79 Å². The Hall–Kier alpha value is -0.380. The monoisotopic (exact) mass is 155 g/mol. The number of halogens is 3. The lowest BCUT2D eigenvalue weighted by Crippen LogP contribution is -2.56. The first-order chi connectivity index (χ1) is 4.01. The van der Waals surface area contributed by atoms with Crippen LogP contribution in [0.15, 0.2) is 0 Å². The lowest BCUT2D eigenvalue weighted by atomic mass is 10.2. The molecule has 2 nitrogen and oxygen atoms in total. The summed E-state index contributed by atoms with van der Waals surface area (Å²) in [5.74, 6) is -2.70. The zero-order valence-electron chi connectivity index (χ0n) is 4.40. The molecular weight excluding hydrogens is 151 g/mol. The van der Waals surface area contributed by atoms with Gasteiger partial charge in [0.1, 0.15) is 0 Å². The second-order valence-corrected chi connectivity index (χ2v) is 2.29. The van der Waals surface area contributed by atoms with E-state index in [4.69, 9.17) is 11.6 Å². The normalized spacial score (nSPS) is 23.2. The molecule has 1 aliphatic heterocycles. The van der Waals surface area contributed by atoms with Crippen molar-refractivity contribution in [1.82, 2.24) is 4.90 Å². The molecule has 5 heteroatoms. The van der Waals surface area contributed by atoms with E-state index < -0.39 is 24.4 Å². The van der Waals surface area contributed by atoms with Gasteiger partial charge >= 0.3 is 5.37 Å². The number of alkyl halides is 2. The van der Waals surface area contributed by atoms with Crippen molar-refractivity contribution in [2.45, 2.75) is 5.92 Å². The Morgan fingerprint density at radius 1 is 1.56 bits per heavy atom. The summed E-state index contributed by atoms with van der Waals surface area (Å²) in [5.41, 5.74) is 0. The maximum atomic E-state index is 11.9. The third-order valence-corrected chi connectivity index (χ3v) is 1.33. The lowest BCUT2D eigenvalue weighted by molar-refractivity contribution is -0.106. The molecule has 1 rings (SSSR count). The molecule has 1 amide bonds. The molecule has 0 radical (unpaired) electrons. The first-order valence-electron chi connectivity index (χ1n) is 2.33. The minimum absolute atomic E-state index is 0.532. The van der Waals surface area contributed by atoms with Crippen LogP contribution in [0.4, 0.5) is 13.6 Å². The number of rotatable bonds is 0. The predicted molar refractivity (Wildman–Crippen MR) is 27.8 cm³/mol. The molecule has 1 aliphatic rings. The summed E-state index contributed by atoms with van der Waals surface area (Å²) >= 11 is 4.86. The van der Waals surface area contributed by atoms with Gasteiger partial charge in [0.15, 0.2) is 0 Å². The van der Waals surface area contributed by atoms with Gasteiger partial charge in [-0.1, -0.05) is 0 Å². The molecule has 0 aromatic heterocycles. The van der Waals surface area contributed by atoms with Crippen LogP contribution in [0.3, 0.4) is 0 Å². The zero-order valence-corrected chi connectivity index (χ0v) is 5.16. The van der Waals surface area contributed by atoms with Crippen molar-refractivity contribution in [3.05, 3.63) is 0 Å². The van der Waals surface area contributed by atoms with Crippen molar-refractivity contribution in [2.24, 2.45) is 0 Å². The fourth-order valence-electron chi connectivity index (χ4n) is 0.636. The van der Waals surface area contributed by atoms with E-state index in [9.17, 15) is 13.6 Å². The molecule has 52 valence electrons. The smallest absolute Gasteiger partial charge is 0.316 e. The number of hydrogen-bond acceptors (Lipinski definition) is 1.